The van der Waals surface area contributed by atoms with Crippen LogP contribution in [0.1, 0.15) is 21.6 Å². The lowest BCUT2D eigenvalue weighted by molar-refractivity contribution is 0.0686. The molecule has 4 N–H and O–H groups in total. The van der Waals surface area contributed by atoms with Crippen molar-refractivity contribution in [3.63, 3.8) is 0 Å². The standard InChI is InChI=1S/C21H17N3O2/c22-20(23)14-8-9-18-16(10-14)11-19(21(25)26)24(18)12-15-6-3-5-13-4-1-2-7-17(13)15/h1-11H,12H2,(H3,22,23)(H,25,26). The molecule has 0 saturated carbocycles. The zero-order valence-corrected chi connectivity index (χ0v) is 13.9. The zero-order chi connectivity index (χ0) is 18.3. The van der Waals surface area contributed by atoms with E-state index in [4.69, 9.17) is 11.1 Å². The molecule has 0 saturated heterocycles. The quantitative estimate of drug-likeness (QED) is 0.388. The Balaban J connectivity index is 1.91. The summed E-state index contributed by atoms with van der Waals surface area (Å²) in [5.74, 6) is -1.02. The van der Waals surface area contributed by atoms with E-state index in [1.807, 2.05) is 48.5 Å². The highest BCUT2D eigenvalue weighted by Crippen LogP contribution is 2.25. The number of rotatable bonds is 4. The first kappa shape index (κ1) is 15.9. The fourth-order valence-electron chi connectivity index (χ4n) is 3.39. The summed E-state index contributed by atoms with van der Waals surface area (Å²) in [6.45, 7) is 0.450. The molecule has 0 unspecified atom stereocenters. The molecule has 4 rings (SSSR count). The van der Waals surface area contributed by atoms with Crippen molar-refractivity contribution in [1.82, 2.24) is 4.57 Å². The molecule has 128 valence electrons. The Hall–Kier alpha value is -3.60. The molecule has 0 aliphatic heterocycles. The molecule has 0 bridgehead atoms. The third-order valence-corrected chi connectivity index (χ3v) is 4.64. The number of hydrogen-bond acceptors (Lipinski definition) is 2. The van der Waals surface area contributed by atoms with Gasteiger partial charge < -0.3 is 15.4 Å². The minimum atomic E-state index is -0.981. The van der Waals surface area contributed by atoms with Crippen LogP contribution in [0.3, 0.4) is 0 Å². The molecule has 0 radical (unpaired) electrons. The van der Waals surface area contributed by atoms with Gasteiger partial charge in [0, 0.05) is 23.0 Å². The van der Waals surface area contributed by atoms with E-state index in [2.05, 4.69) is 0 Å². The molecule has 1 heterocycles. The lowest BCUT2D eigenvalue weighted by Gasteiger charge is -2.11. The second kappa shape index (κ2) is 6.04. The summed E-state index contributed by atoms with van der Waals surface area (Å²) in [6, 6.07) is 21.1. The number of hydrogen-bond donors (Lipinski definition) is 3. The van der Waals surface area contributed by atoms with Crippen LogP contribution in [0.4, 0.5) is 0 Å². The molecule has 0 fully saturated rings. The number of fused-ring (bicyclic) bond motifs is 2. The summed E-state index contributed by atoms with van der Waals surface area (Å²) >= 11 is 0. The van der Waals surface area contributed by atoms with Crippen molar-refractivity contribution in [2.75, 3.05) is 0 Å². The summed E-state index contributed by atoms with van der Waals surface area (Å²) in [7, 11) is 0. The fourth-order valence-corrected chi connectivity index (χ4v) is 3.39. The van der Waals surface area contributed by atoms with Gasteiger partial charge in [0.25, 0.3) is 0 Å². The molecule has 26 heavy (non-hydrogen) atoms. The fraction of sp³-hybridized carbons (Fsp3) is 0.0476. The highest BCUT2D eigenvalue weighted by Gasteiger charge is 2.16. The number of carboxylic acids is 1. The van der Waals surface area contributed by atoms with Crippen LogP contribution in [0.5, 0.6) is 0 Å². The van der Waals surface area contributed by atoms with E-state index in [0.717, 1.165) is 27.2 Å². The van der Waals surface area contributed by atoms with Gasteiger partial charge in [-0.05, 0) is 40.6 Å². The van der Waals surface area contributed by atoms with Crippen molar-refractivity contribution in [2.24, 2.45) is 5.73 Å². The zero-order valence-electron chi connectivity index (χ0n) is 13.9. The first-order chi connectivity index (χ1) is 12.5. The summed E-state index contributed by atoms with van der Waals surface area (Å²) in [6.07, 6.45) is 0. The van der Waals surface area contributed by atoms with Crippen LogP contribution in [0, 0.1) is 5.41 Å². The number of carbonyl (C=O) groups is 1. The molecule has 4 aromatic rings. The molecule has 0 aliphatic carbocycles. The predicted octanol–water partition coefficient (Wildman–Crippen LogP) is 3.83. The molecule has 5 heteroatoms. The summed E-state index contributed by atoms with van der Waals surface area (Å²) in [5.41, 5.74) is 8.21. The minimum absolute atomic E-state index is 0.0365. The van der Waals surface area contributed by atoms with Gasteiger partial charge in [0.15, 0.2) is 0 Å². The molecule has 0 spiro atoms. The van der Waals surface area contributed by atoms with Crippen LogP contribution >= 0.6 is 0 Å². The number of benzene rings is 3. The molecule has 1 aromatic heterocycles. The SMILES string of the molecule is N=C(N)c1ccc2c(c1)cc(C(=O)O)n2Cc1cccc2ccccc12. The average Bonchev–Trinajstić information content (AvgIpc) is 3.00. The summed E-state index contributed by atoms with van der Waals surface area (Å²) in [4.78, 5) is 11.8. The van der Waals surface area contributed by atoms with Crippen molar-refractivity contribution in [1.29, 1.82) is 5.41 Å². The van der Waals surface area contributed by atoms with Gasteiger partial charge in [-0.15, -0.1) is 0 Å². The van der Waals surface area contributed by atoms with E-state index >= 15 is 0 Å². The Morgan fingerprint density at radius 3 is 2.54 bits per heavy atom. The van der Waals surface area contributed by atoms with Crippen molar-refractivity contribution < 1.29 is 9.90 Å². The van der Waals surface area contributed by atoms with Crippen LogP contribution < -0.4 is 5.73 Å². The Morgan fingerprint density at radius 2 is 1.77 bits per heavy atom. The van der Waals surface area contributed by atoms with E-state index in [0.29, 0.717) is 12.1 Å². The molecule has 0 aliphatic rings. The number of nitrogen functional groups attached to an aromatic ring is 1. The predicted molar refractivity (Wildman–Crippen MR) is 103 cm³/mol. The number of nitrogens with one attached hydrogen (secondary N) is 1. The number of aromatic nitrogens is 1. The maximum absolute atomic E-state index is 11.8. The lowest BCUT2D eigenvalue weighted by Crippen LogP contribution is -2.11. The van der Waals surface area contributed by atoms with Gasteiger partial charge in [-0.2, -0.15) is 0 Å². The van der Waals surface area contributed by atoms with Crippen LogP contribution in [-0.4, -0.2) is 21.5 Å². The third kappa shape index (κ3) is 2.59. The second-order valence-corrected chi connectivity index (χ2v) is 6.25. The third-order valence-electron chi connectivity index (χ3n) is 4.64. The minimum Gasteiger partial charge on any atom is -0.477 e. The van der Waals surface area contributed by atoms with Gasteiger partial charge in [0.1, 0.15) is 11.5 Å². The molecular formula is C21H17N3O2. The Bertz CT molecular complexity index is 1170. The molecule has 3 aromatic carbocycles. The number of amidine groups is 1. The van der Waals surface area contributed by atoms with Crippen LogP contribution in [0.15, 0.2) is 66.7 Å². The van der Waals surface area contributed by atoms with E-state index in [-0.39, 0.29) is 11.5 Å². The van der Waals surface area contributed by atoms with Gasteiger partial charge in [-0.3, -0.25) is 5.41 Å². The molecule has 0 amide bonds. The van der Waals surface area contributed by atoms with E-state index in [1.54, 1.807) is 22.8 Å². The maximum atomic E-state index is 11.8. The summed E-state index contributed by atoms with van der Waals surface area (Å²) in [5, 5.41) is 20.2. The molecule has 5 nitrogen and oxygen atoms in total. The topological polar surface area (TPSA) is 92.1 Å². The van der Waals surface area contributed by atoms with Gasteiger partial charge in [0.05, 0.1) is 0 Å². The van der Waals surface area contributed by atoms with E-state index in [9.17, 15) is 9.90 Å². The Morgan fingerprint density at radius 1 is 1.00 bits per heavy atom. The maximum Gasteiger partial charge on any atom is 0.352 e. The largest absolute Gasteiger partial charge is 0.477 e. The molecule has 0 atom stereocenters. The smallest absolute Gasteiger partial charge is 0.352 e. The summed E-state index contributed by atoms with van der Waals surface area (Å²) < 4.78 is 1.79. The Kier molecular flexibility index (Phi) is 3.69. The highest BCUT2D eigenvalue weighted by atomic mass is 16.4. The van der Waals surface area contributed by atoms with Crippen molar-refractivity contribution >= 4 is 33.5 Å². The number of aromatic carboxylic acids is 1. The van der Waals surface area contributed by atoms with Gasteiger partial charge in [0.2, 0.25) is 0 Å². The van der Waals surface area contributed by atoms with E-state index < -0.39 is 5.97 Å². The number of carboxylic acid groups (broad SMARTS) is 1. The van der Waals surface area contributed by atoms with Crippen molar-refractivity contribution in [3.05, 3.63) is 83.6 Å². The lowest BCUT2D eigenvalue weighted by atomic mass is 10.0. The molecular weight excluding hydrogens is 326 g/mol. The van der Waals surface area contributed by atoms with Gasteiger partial charge in [-0.1, -0.05) is 42.5 Å². The average molecular weight is 343 g/mol. The van der Waals surface area contributed by atoms with Crippen molar-refractivity contribution in [2.45, 2.75) is 6.54 Å². The van der Waals surface area contributed by atoms with Crippen LogP contribution in [-0.2, 0) is 6.54 Å². The van der Waals surface area contributed by atoms with Crippen molar-refractivity contribution in [3.8, 4) is 0 Å². The Labute approximate surface area is 149 Å². The first-order valence-electron chi connectivity index (χ1n) is 8.22. The van der Waals surface area contributed by atoms with Gasteiger partial charge >= 0.3 is 5.97 Å². The van der Waals surface area contributed by atoms with Crippen LogP contribution in [0.25, 0.3) is 21.7 Å². The first-order valence-corrected chi connectivity index (χ1v) is 8.22. The number of nitrogens with zero attached hydrogens (tertiary/aromatic N) is 1. The normalized spacial score (nSPS) is 11.1. The van der Waals surface area contributed by atoms with E-state index in [1.165, 1.54) is 0 Å². The highest BCUT2D eigenvalue weighted by molar-refractivity contribution is 6.01. The number of nitrogens with two attached hydrogens (primary N) is 1. The monoisotopic (exact) mass is 343 g/mol. The second-order valence-electron chi connectivity index (χ2n) is 6.25. The van der Waals surface area contributed by atoms with Gasteiger partial charge in [-0.25, -0.2) is 4.79 Å². The van der Waals surface area contributed by atoms with Crippen LogP contribution in [0.2, 0.25) is 0 Å².